The van der Waals surface area contributed by atoms with Crippen molar-refractivity contribution in [1.82, 2.24) is 0 Å². The van der Waals surface area contributed by atoms with E-state index in [9.17, 15) is 92.2 Å². The Morgan fingerprint density at radius 1 is 0.303 bits per heavy atom. The second-order valence-electron chi connectivity index (χ2n) is 5.82. The van der Waals surface area contributed by atoms with Crippen LogP contribution in [0.3, 0.4) is 0 Å². The average Bonchev–Trinajstić information content (AvgIpc) is 2.57. The minimum Gasteiger partial charge on any atom is -0.340 e. The lowest BCUT2D eigenvalue weighted by Gasteiger charge is -2.46. The molecule has 0 bridgehead atoms. The highest BCUT2D eigenvalue weighted by Gasteiger charge is 2.97. The maximum Gasteiger partial charge on any atom is 0.460 e. The molecule has 0 saturated heterocycles. The molecule has 200 valence electrons. The third-order valence-electron chi connectivity index (χ3n) is 3.77. The molecule has 0 aromatic heterocycles. The number of ether oxygens (including phenoxy) is 1. The molecular formula is C11H3F21O. The molecular weight excluding hydrogens is 547 g/mol. The van der Waals surface area contributed by atoms with Gasteiger partial charge in [-0.3, -0.25) is 0 Å². The van der Waals surface area contributed by atoms with Crippen LogP contribution in [0, 0.1) is 0 Å². The highest BCUT2D eigenvalue weighted by molar-refractivity contribution is 5.17. The van der Waals surface area contributed by atoms with Crippen molar-refractivity contribution in [2.24, 2.45) is 0 Å². The average molecular weight is 550 g/mol. The van der Waals surface area contributed by atoms with Gasteiger partial charge in [0.25, 0.3) is 0 Å². The molecule has 0 rings (SSSR count). The Kier molecular flexibility index (Phi) is 7.15. The summed E-state index contributed by atoms with van der Waals surface area (Å²) >= 11 is 0. The molecule has 1 nitrogen and oxygen atoms in total. The molecule has 0 aliphatic rings. The third-order valence-corrected chi connectivity index (χ3v) is 3.77. The lowest BCUT2D eigenvalue weighted by atomic mass is 9.86. The second-order valence-corrected chi connectivity index (χ2v) is 5.82. The zero-order valence-corrected chi connectivity index (χ0v) is 14.3. The van der Waals surface area contributed by atoms with E-state index in [1.807, 2.05) is 0 Å². The first-order valence-electron chi connectivity index (χ1n) is 6.83. The summed E-state index contributed by atoms with van der Waals surface area (Å²) in [4.78, 5) is 0. The standard InChI is InChI=1S/C11H3F21O/c1-33-9(26,6(20,21)8(24,25)11(30,31)32)5(18,19)3(14,15)2(12,13)4(16,17)7(22,23)10(27,28)29/h1H3. The molecule has 0 radical (unpaired) electrons. The Morgan fingerprint density at radius 3 is 0.727 bits per heavy atom. The largest absolute Gasteiger partial charge is 0.460 e. The normalized spacial score (nSPS) is 18.4. The first kappa shape index (κ1) is 31.5. The smallest absolute Gasteiger partial charge is 0.340 e. The van der Waals surface area contributed by atoms with Gasteiger partial charge in [-0.25, -0.2) is 0 Å². The van der Waals surface area contributed by atoms with Crippen molar-refractivity contribution in [2.75, 3.05) is 7.11 Å². The van der Waals surface area contributed by atoms with Crippen LogP contribution in [0.5, 0.6) is 0 Å². The van der Waals surface area contributed by atoms with E-state index in [1.165, 1.54) is 0 Å². The molecule has 0 spiro atoms. The fraction of sp³-hybridized carbons (Fsp3) is 1.00. The van der Waals surface area contributed by atoms with Crippen LogP contribution < -0.4 is 0 Å². The second kappa shape index (κ2) is 7.49. The fourth-order valence-electron chi connectivity index (χ4n) is 1.80. The summed E-state index contributed by atoms with van der Waals surface area (Å²) in [5.74, 6) is -68.7. The van der Waals surface area contributed by atoms with Crippen LogP contribution in [-0.2, 0) is 4.74 Å². The predicted molar refractivity (Wildman–Crippen MR) is 57.6 cm³/mol. The van der Waals surface area contributed by atoms with Crippen molar-refractivity contribution in [3.05, 3.63) is 0 Å². The Hall–Kier alpha value is -1.51. The van der Waals surface area contributed by atoms with Gasteiger partial charge in [0, 0.05) is 7.11 Å². The van der Waals surface area contributed by atoms with E-state index in [2.05, 4.69) is 4.74 Å². The number of hydrogen-bond acceptors (Lipinski definition) is 1. The van der Waals surface area contributed by atoms with Crippen LogP contribution in [0.1, 0.15) is 0 Å². The van der Waals surface area contributed by atoms with Crippen LogP contribution in [0.2, 0.25) is 0 Å². The Balaban J connectivity index is 7.18. The van der Waals surface area contributed by atoms with Crippen molar-refractivity contribution >= 4 is 0 Å². The topological polar surface area (TPSA) is 9.23 Å². The third kappa shape index (κ3) is 3.64. The molecule has 22 heteroatoms. The van der Waals surface area contributed by atoms with Gasteiger partial charge in [-0.2, -0.15) is 92.2 Å². The minimum absolute atomic E-state index is 1.19. The van der Waals surface area contributed by atoms with Gasteiger partial charge in [0.15, 0.2) is 0 Å². The molecule has 0 amide bonds. The predicted octanol–water partition coefficient (Wildman–Crippen LogP) is 6.87. The molecule has 33 heavy (non-hydrogen) atoms. The summed E-state index contributed by atoms with van der Waals surface area (Å²) in [6, 6.07) is 0. The summed E-state index contributed by atoms with van der Waals surface area (Å²) < 4.78 is 272. The molecule has 0 aromatic rings. The van der Waals surface area contributed by atoms with E-state index in [-0.39, 0.29) is 0 Å². The molecule has 0 saturated carbocycles. The van der Waals surface area contributed by atoms with E-state index in [0.717, 1.165) is 0 Å². The summed E-state index contributed by atoms with van der Waals surface area (Å²) in [6.07, 6.45) is -15.8. The van der Waals surface area contributed by atoms with Crippen LogP contribution in [-0.4, -0.2) is 66.8 Å². The van der Waals surface area contributed by atoms with Crippen molar-refractivity contribution in [2.45, 2.75) is 59.7 Å². The van der Waals surface area contributed by atoms with Gasteiger partial charge in [-0.1, -0.05) is 0 Å². The first-order chi connectivity index (χ1) is 13.8. The highest BCUT2D eigenvalue weighted by atomic mass is 19.4. The maximum atomic E-state index is 13.9. The number of methoxy groups -OCH3 is 1. The Labute approximate surface area is 165 Å². The molecule has 0 fully saturated rings. The molecule has 0 aromatic carbocycles. The Bertz CT molecular complexity index is 713. The van der Waals surface area contributed by atoms with Crippen molar-refractivity contribution in [3.8, 4) is 0 Å². The molecule has 0 N–H and O–H groups in total. The van der Waals surface area contributed by atoms with Gasteiger partial charge in [0.1, 0.15) is 0 Å². The summed E-state index contributed by atoms with van der Waals surface area (Å²) in [6.45, 7) is 0. The monoisotopic (exact) mass is 550 g/mol. The lowest BCUT2D eigenvalue weighted by molar-refractivity contribution is -0.492. The number of alkyl halides is 21. The number of rotatable bonds is 8. The van der Waals surface area contributed by atoms with Crippen molar-refractivity contribution in [3.63, 3.8) is 0 Å². The van der Waals surface area contributed by atoms with Gasteiger partial charge in [0.2, 0.25) is 0 Å². The molecule has 0 heterocycles. The number of hydrogen-bond donors (Lipinski definition) is 0. The van der Waals surface area contributed by atoms with E-state index in [1.54, 1.807) is 0 Å². The fourth-order valence-corrected chi connectivity index (χ4v) is 1.80. The quantitative estimate of drug-likeness (QED) is 0.300. The van der Waals surface area contributed by atoms with Gasteiger partial charge in [-0.05, 0) is 0 Å². The van der Waals surface area contributed by atoms with E-state index in [4.69, 9.17) is 0 Å². The van der Waals surface area contributed by atoms with E-state index >= 15 is 0 Å². The van der Waals surface area contributed by atoms with Crippen LogP contribution >= 0.6 is 0 Å². The maximum absolute atomic E-state index is 13.9. The van der Waals surface area contributed by atoms with Gasteiger partial charge in [-0.15, -0.1) is 0 Å². The highest BCUT2D eigenvalue weighted by Crippen LogP contribution is 2.66. The van der Waals surface area contributed by atoms with Crippen LogP contribution in [0.4, 0.5) is 92.2 Å². The SMILES string of the molecule is COC(F)(C(F)(F)C(F)(F)C(F)(F)F)C(F)(F)C(F)(F)C(F)(F)C(F)(F)C(F)(F)C(F)(F)F. The first-order valence-corrected chi connectivity index (χ1v) is 6.83. The van der Waals surface area contributed by atoms with Crippen molar-refractivity contribution in [1.29, 1.82) is 0 Å². The summed E-state index contributed by atoms with van der Waals surface area (Å²) in [5, 5.41) is 0. The van der Waals surface area contributed by atoms with Gasteiger partial charge < -0.3 is 4.74 Å². The van der Waals surface area contributed by atoms with E-state index < -0.39 is 66.8 Å². The van der Waals surface area contributed by atoms with E-state index in [0.29, 0.717) is 0 Å². The van der Waals surface area contributed by atoms with Gasteiger partial charge in [0.05, 0.1) is 0 Å². The number of halogens is 21. The van der Waals surface area contributed by atoms with Crippen LogP contribution in [0.25, 0.3) is 0 Å². The molecule has 0 aliphatic carbocycles. The Morgan fingerprint density at radius 2 is 0.485 bits per heavy atom. The zero-order chi connectivity index (χ0) is 27.7. The molecule has 0 aliphatic heterocycles. The molecule has 1 atom stereocenters. The van der Waals surface area contributed by atoms with Crippen LogP contribution in [0.15, 0.2) is 0 Å². The van der Waals surface area contributed by atoms with Crippen molar-refractivity contribution < 1.29 is 96.9 Å². The minimum atomic E-state index is -8.99. The summed E-state index contributed by atoms with van der Waals surface area (Å²) in [7, 11) is -1.19. The molecule has 1 unspecified atom stereocenters. The lowest BCUT2D eigenvalue weighted by Crippen LogP contribution is -2.78. The summed E-state index contributed by atoms with van der Waals surface area (Å²) in [5.41, 5.74) is 0. The zero-order valence-electron chi connectivity index (χ0n) is 14.3. The van der Waals surface area contributed by atoms with Gasteiger partial charge >= 0.3 is 59.7 Å².